The lowest BCUT2D eigenvalue weighted by Crippen LogP contribution is -2.29. The maximum Gasteiger partial charge on any atom is 0.0698 e. The third kappa shape index (κ3) is 3.54. The van der Waals surface area contributed by atoms with Crippen molar-refractivity contribution in [3.05, 3.63) is 17.5 Å². The van der Waals surface area contributed by atoms with Crippen LogP contribution in [-0.4, -0.2) is 55.4 Å². The fourth-order valence-corrected chi connectivity index (χ4v) is 2.57. The van der Waals surface area contributed by atoms with E-state index in [-0.39, 0.29) is 0 Å². The molecule has 0 amide bonds. The molecule has 102 valence electrons. The number of rotatable bonds is 6. The molecule has 5 nitrogen and oxygen atoms in total. The van der Waals surface area contributed by atoms with Gasteiger partial charge in [-0.2, -0.15) is 5.10 Å². The number of nitrogens with zero attached hydrogens (tertiary/aromatic N) is 2. The molecule has 1 aliphatic heterocycles. The molecule has 1 fully saturated rings. The smallest absolute Gasteiger partial charge is 0.0698 e. The van der Waals surface area contributed by atoms with E-state index >= 15 is 0 Å². The highest BCUT2D eigenvalue weighted by Gasteiger charge is 2.20. The number of aromatic amines is 1. The Morgan fingerprint density at radius 3 is 2.94 bits per heavy atom. The maximum absolute atomic E-state index is 4.48. The topological polar surface area (TPSA) is 56.0 Å². The lowest BCUT2D eigenvalue weighted by molar-refractivity contribution is 0.325. The van der Waals surface area contributed by atoms with Crippen molar-refractivity contribution in [3.8, 4) is 0 Å². The van der Waals surface area contributed by atoms with Crippen LogP contribution >= 0.6 is 0 Å². The van der Waals surface area contributed by atoms with Crippen molar-refractivity contribution in [2.75, 3.05) is 40.3 Å². The number of nitrogens with one attached hydrogen (secondary N) is 3. The maximum atomic E-state index is 4.48. The summed E-state index contributed by atoms with van der Waals surface area (Å²) in [7, 11) is 4.16. The first-order valence-electron chi connectivity index (χ1n) is 6.87. The van der Waals surface area contributed by atoms with Gasteiger partial charge in [0, 0.05) is 37.3 Å². The minimum atomic E-state index is 0.630. The van der Waals surface area contributed by atoms with Gasteiger partial charge in [-0.1, -0.05) is 0 Å². The van der Waals surface area contributed by atoms with Gasteiger partial charge < -0.3 is 15.5 Å². The Balaban J connectivity index is 1.94. The second-order valence-corrected chi connectivity index (χ2v) is 5.16. The minimum absolute atomic E-state index is 0.630. The Morgan fingerprint density at radius 1 is 1.44 bits per heavy atom. The summed E-state index contributed by atoms with van der Waals surface area (Å²) in [6.07, 6.45) is 4.48. The van der Waals surface area contributed by atoms with Crippen molar-refractivity contribution >= 4 is 0 Å². The van der Waals surface area contributed by atoms with E-state index in [2.05, 4.69) is 39.0 Å². The first-order chi connectivity index (χ1) is 8.81. The second-order valence-electron chi connectivity index (χ2n) is 5.16. The first-order valence-corrected chi connectivity index (χ1v) is 6.87. The monoisotopic (exact) mass is 251 g/mol. The summed E-state index contributed by atoms with van der Waals surface area (Å²) in [5.74, 6) is 0.630. The highest BCUT2D eigenvalue weighted by molar-refractivity contribution is 5.21. The van der Waals surface area contributed by atoms with Gasteiger partial charge in [0.05, 0.1) is 5.69 Å². The van der Waals surface area contributed by atoms with Crippen LogP contribution in [0.3, 0.4) is 0 Å². The molecule has 0 aliphatic carbocycles. The number of hydrogen-bond acceptors (Lipinski definition) is 4. The van der Waals surface area contributed by atoms with Crippen molar-refractivity contribution in [2.45, 2.75) is 25.3 Å². The molecule has 0 atom stereocenters. The minimum Gasteiger partial charge on any atom is -0.318 e. The molecule has 0 aromatic carbocycles. The predicted molar refractivity (Wildman–Crippen MR) is 73.7 cm³/mol. The lowest BCUT2D eigenvalue weighted by Gasteiger charge is -2.23. The Bertz CT molecular complexity index is 343. The molecule has 2 rings (SSSR count). The summed E-state index contributed by atoms with van der Waals surface area (Å²) in [6, 6.07) is 0. The van der Waals surface area contributed by atoms with Crippen LogP contribution in [0.4, 0.5) is 0 Å². The Labute approximate surface area is 109 Å². The Morgan fingerprint density at radius 2 is 2.22 bits per heavy atom. The molecule has 0 spiro atoms. The van der Waals surface area contributed by atoms with Gasteiger partial charge >= 0.3 is 0 Å². The third-order valence-electron chi connectivity index (χ3n) is 3.66. The second kappa shape index (κ2) is 6.87. The van der Waals surface area contributed by atoms with E-state index in [0.717, 1.165) is 32.7 Å². The van der Waals surface area contributed by atoms with Crippen LogP contribution in [0.2, 0.25) is 0 Å². The lowest BCUT2D eigenvalue weighted by atomic mass is 9.92. The summed E-state index contributed by atoms with van der Waals surface area (Å²) in [6.45, 7) is 5.31. The standard InChI is InChI=1S/C13H25N5/c1-14-7-8-18(2)10-12-9-16-17-13(12)11-3-5-15-6-4-11/h9,11,14-15H,3-8,10H2,1-2H3,(H,16,17). The zero-order chi connectivity index (χ0) is 12.8. The fraction of sp³-hybridized carbons (Fsp3) is 0.769. The number of likely N-dealkylation sites (N-methyl/N-ethyl adjacent to an activating group) is 2. The van der Waals surface area contributed by atoms with E-state index in [1.54, 1.807) is 0 Å². The van der Waals surface area contributed by atoms with Crippen LogP contribution < -0.4 is 10.6 Å². The highest BCUT2D eigenvalue weighted by atomic mass is 15.1. The van der Waals surface area contributed by atoms with E-state index in [1.165, 1.54) is 24.1 Å². The molecule has 1 aliphatic rings. The summed E-state index contributed by atoms with van der Waals surface area (Å²) >= 11 is 0. The van der Waals surface area contributed by atoms with E-state index in [9.17, 15) is 0 Å². The first kappa shape index (κ1) is 13.5. The molecular formula is C13H25N5. The highest BCUT2D eigenvalue weighted by Crippen LogP contribution is 2.26. The van der Waals surface area contributed by atoms with Crippen molar-refractivity contribution in [3.63, 3.8) is 0 Å². The van der Waals surface area contributed by atoms with Crippen molar-refractivity contribution in [1.29, 1.82) is 0 Å². The van der Waals surface area contributed by atoms with Gasteiger partial charge in [0.25, 0.3) is 0 Å². The van der Waals surface area contributed by atoms with Crippen molar-refractivity contribution in [1.82, 2.24) is 25.7 Å². The van der Waals surface area contributed by atoms with Crippen molar-refractivity contribution in [2.24, 2.45) is 0 Å². The van der Waals surface area contributed by atoms with Crippen LogP contribution in [-0.2, 0) is 6.54 Å². The zero-order valence-electron chi connectivity index (χ0n) is 11.5. The van der Waals surface area contributed by atoms with Gasteiger partial charge in [-0.05, 0) is 40.0 Å². The normalized spacial score (nSPS) is 17.5. The van der Waals surface area contributed by atoms with Crippen LogP contribution in [0.1, 0.15) is 30.0 Å². The molecule has 0 bridgehead atoms. The van der Waals surface area contributed by atoms with Crippen LogP contribution in [0.15, 0.2) is 6.20 Å². The van der Waals surface area contributed by atoms with Crippen molar-refractivity contribution < 1.29 is 0 Å². The number of hydrogen-bond donors (Lipinski definition) is 3. The summed E-state index contributed by atoms with van der Waals surface area (Å²) in [4.78, 5) is 2.34. The molecule has 1 aromatic heterocycles. The third-order valence-corrected chi connectivity index (χ3v) is 3.66. The molecule has 18 heavy (non-hydrogen) atoms. The number of aromatic nitrogens is 2. The summed E-state index contributed by atoms with van der Waals surface area (Å²) in [5, 5.41) is 14.1. The molecule has 0 radical (unpaired) electrons. The SMILES string of the molecule is CNCCN(C)Cc1c[nH]nc1C1CCNCC1. The Hall–Kier alpha value is -0.910. The van der Waals surface area contributed by atoms with E-state index in [1.807, 2.05) is 7.05 Å². The van der Waals surface area contributed by atoms with Gasteiger partial charge in [-0.3, -0.25) is 5.10 Å². The molecule has 1 aromatic rings. The quantitative estimate of drug-likeness (QED) is 0.690. The molecule has 0 unspecified atom stereocenters. The summed E-state index contributed by atoms with van der Waals surface area (Å²) in [5.41, 5.74) is 2.65. The Kier molecular flexibility index (Phi) is 5.16. The van der Waals surface area contributed by atoms with Crippen LogP contribution in [0, 0.1) is 0 Å². The average molecular weight is 251 g/mol. The number of piperidine rings is 1. The van der Waals surface area contributed by atoms with E-state index < -0.39 is 0 Å². The molecule has 1 saturated heterocycles. The largest absolute Gasteiger partial charge is 0.318 e. The predicted octanol–water partition coefficient (Wildman–Crippen LogP) is 0.528. The van der Waals surface area contributed by atoms with Gasteiger partial charge in [0.1, 0.15) is 0 Å². The van der Waals surface area contributed by atoms with E-state index in [4.69, 9.17) is 0 Å². The summed E-state index contributed by atoms with van der Waals surface area (Å²) < 4.78 is 0. The molecule has 0 saturated carbocycles. The van der Waals surface area contributed by atoms with Gasteiger partial charge in [-0.15, -0.1) is 0 Å². The van der Waals surface area contributed by atoms with Crippen LogP contribution in [0.5, 0.6) is 0 Å². The molecule has 3 N–H and O–H groups in total. The molecular weight excluding hydrogens is 226 g/mol. The zero-order valence-corrected chi connectivity index (χ0v) is 11.5. The van der Waals surface area contributed by atoms with Gasteiger partial charge in [0.2, 0.25) is 0 Å². The van der Waals surface area contributed by atoms with Gasteiger partial charge in [0.15, 0.2) is 0 Å². The molecule has 5 heteroatoms. The number of H-pyrrole nitrogens is 1. The van der Waals surface area contributed by atoms with Crippen LogP contribution in [0.25, 0.3) is 0 Å². The van der Waals surface area contributed by atoms with Gasteiger partial charge in [-0.25, -0.2) is 0 Å². The average Bonchev–Trinajstić information content (AvgIpc) is 2.85. The molecule has 2 heterocycles. The fourth-order valence-electron chi connectivity index (χ4n) is 2.57. The van der Waals surface area contributed by atoms with E-state index in [0.29, 0.717) is 5.92 Å².